The van der Waals surface area contributed by atoms with Gasteiger partial charge in [-0.05, 0) is 36.9 Å². The fourth-order valence-electron chi connectivity index (χ4n) is 3.41. The summed E-state index contributed by atoms with van der Waals surface area (Å²) in [5, 5.41) is 0. The number of rotatable bonds is 5. The highest BCUT2D eigenvalue weighted by molar-refractivity contribution is 6.52. The van der Waals surface area contributed by atoms with Crippen LogP contribution in [-0.4, -0.2) is 16.8 Å². The van der Waals surface area contributed by atoms with Crippen molar-refractivity contribution < 1.29 is 0 Å². The Hall–Kier alpha value is -2.78. The minimum Gasteiger partial charge on any atom is -0.306 e. The fourth-order valence-corrected chi connectivity index (χ4v) is 3.57. The molecule has 0 radical (unpaired) electrons. The van der Waals surface area contributed by atoms with Crippen LogP contribution < -0.4 is 5.46 Å². The number of para-hydroxylation sites is 1. The Bertz CT molecular complexity index is 994. The summed E-state index contributed by atoms with van der Waals surface area (Å²) >= 11 is 5.82. The Kier molecular flexibility index (Phi) is 7.72. The number of alkyl halides is 1. The topological polar surface area (TPSA) is 17.8 Å². The normalized spacial score (nSPS) is 10.2. The number of hydrogen-bond acceptors (Lipinski definition) is 1. The van der Waals surface area contributed by atoms with Crippen molar-refractivity contribution in [1.82, 2.24) is 9.55 Å². The Labute approximate surface area is 179 Å². The minimum atomic E-state index is 0.596. The zero-order valence-corrected chi connectivity index (χ0v) is 17.8. The summed E-state index contributed by atoms with van der Waals surface area (Å²) in [6, 6.07) is 25.4. The first-order valence-corrected chi connectivity index (χ1v) is 10.4. The summed E-state index contributed by atoms with van der Waals surface area (Å²) in [6.45, 7) is 4.23. The van der Waals surface area contributed by atoms with Gasteiger partial charge in [-0.2, -0.15) is 0 Å². The van der Waals surface area contributed by atoms with Gasteiger partial charge in [0.2, 0.25) is 0 Å². The molecule has 3 aromatic carbocycles. The molecule has 2 nitrogen and oxygen atoms in total. The zero-order valence-electron chi connectivity index (χ0n) is 17.1. The molecule has 0 bridgehead atoms. The number of aryl methyl sites for hydroxylation is 2. The van der Waals surface area contributed by atoms with Crippen molar-refractivity contribution in [2.45, 2.75) is 26.0 Å². The van der Waals surface area contributed by atoms with Gasteiger partial charge in [0.05, 0.1) is 12.0 Å². The van der Waals surface area contributed by atoms with Crippen molar-refractivity contribution in [3.8, 4) is 5.69 Å². The summed E-state index contributed by atoms with van der Waals surface area (Å²) in [5.41, 5.74) is 7.74. The summed E-state index contributed by atoms with van der Waals surface area (Å²) in [4.78, 5) is 4.04. The van der Waals surface area contributed by atoms with Crippen molar-refractivity contribution in [3.63, 3.8) is 0 Å². The van der Waals surface area contributed by atoms with Crippen LogP contribution in [0.1, 0.15) is 22.3 Å². The maximum absolute atomic E-state index is 5.82. The third kappa shape index (κ3) is 6.10. The van der Waals surface area contributed by atoms with Crippen molar-refractivity contribution in [3.05, 3.63) is 114 Å². The van der Waals surface area contributed by atoms with Crippen molar-refractivity contribution in [1.29, 1.82) is 0 Å². The Morgan fingerprint density at radius 3 is 2.21 bits per heavy atom. The van der Waals surface area contributed by atoms with E-state index in [9.17, 15) is 0 Å². The lowest BCUT2D eigenvalue weighted by molar-refractivity contribution is 1.02. The van der Waals surface area contributed by atoms with E-state index in [0.29, 0.717) is 5.88 Å². The van der Waals surface area contributed by atoms with E-state index in [-0.39, 0.29) is 0 Å². The molecule has 29 heavy (non-hydrogen) atoms. The number of imidazole rings is 1. The number of benzene rings is 3. The molecule has 0 unspecified atom stereocenters. The summed E-state index contributed by atoms with van der Waals surface area (Å²) in [5.74, 6) is 0.596. The van der Waals surface area contributed by atoms with Gasteiger partial charge in [0.1, 0.15) is 0 Å². The molecule has 0 N–H and O–H groups in total. The van der Waals surface area contributed by atoms with Crippen LogP contribution >= 0.6 is 11.6 Å². The van der Waals surface area contributed by atoms with Crippen LogP contribution in [0.25, 0.3) is 5.69 Å². The highest BCUT2D eigenvalue weighted by Gasteiger charge is 2.02. The van der Waals surface area contributed by atoms with E-state index < -0.39 is 0 Å². The van der Waals surface area contributed by atoms with E-state index in [4.69, 9.17) is 11.6 Å². The summed E-state index contributed by atoms with van der Waals surface area (Å²) < 4.78 is 2.05. The van der Waals surface area contributed by atoms with Gasteiger partial charge < -0.3 is 4.57 Å². The fraction of sp³-hybridized carbons (Fsp3) is 0.160. The van der Waals surface area contributed by atoms with Gasteiger partial charge in [-0.15, -0.1) is 11.6 Å². The maximum Gasteiger partial charge on any atom is 0.162 e. The van der Waals surface area contributed by atoms with Crippen molar-refractivity contribution in [2.24, 2.45) is 0 Å². The molecule has 0 fully saturated rings. The number of halogens is 1. The first kappa shape index (κ1) is 20.9. The number of hydrogen-bond donors (Lipinski definition) is 0. The lowest BCUT2D eigenvalue weighted by Crippen LogP contribution is -2.16. The number of nitrogens with zero attached hydrogens (tertiary/aromatic N) is 2. The second-order valence-electron chi connectivity index (χ2n) is 7.15. The van der Waals surface area contributed by atoms with Crippen LogP contribution in [0.15, 0.2) is 91.5 Å². The second kappa shape index (κ2) is 10.7. The quantitative estimate of drug-likeness (QED) is 0.333. The first-order chi connectivity index (χ1) is 14.2. The average Bonchev–Trinajstić information content (AvgIpc) is 3.28. The van der Waals surface area contributed by atoms with E-state index in [1.165, 1.54) is 33.4 Å². The van der Waals surface area contributed by atoms with Crippen LogP contribution in [0.5, 0.6) is 0 Å². The van der Waals surface area contributed by atoms with E-state index in [2.05, 4.69) is 91.6 Å². The standard InChI is InChI=1S/C14H14BCl.C11H12N2/c16-11-13-7-4-8-14(9-13)15-10-12-5-2-1-3-6-12;1-9-4-3-5-10(2)11(9)13-7-6-12-8-13/h1-9,15H,10-11H2;3-8H,1-2H3. The molecule has 4 aromatic rings. The van der Waals surface area contributed by atoms with Gasteiger partial charge >= 0.3 is 0 Å². The molecule has 0 saturated heterocycles. The van der Waals surface area contributed by atoms with E-state index in [1.807, 2.05) is 17.1 Å². The SMILES string of the molecule is Cc1cccc(C)c1-n1ccnc1.ClCc1cccc(BCc2ccccc2)c1. The van der Waals surface area contributed by atoms with E-state index in [1.54, 1.807) is 6.20 Å². The highest BCUT2D eigenvalue weighted by atomic mass is 35.5. The second-order valence-corrected chi connectivity index (χ2v) is 7.42. The van der Waals surface area contributed by atoms with Gasteiger partial charge in [-0.1, -0.05) is 83.8 Å². The molecule has 0 amide bonds. The number of aromatic nitrogens is 2. The molecule has 4 heteroatoms. The van der Waals surface area contributed by atoms with Gasteiger partial charge in [0.15, 0.2) is 7.28 Å². The third-order valence-electron chi connectivity index (χ3n) is 4.89. The maximum atomic E-state index is 5.82. The first-order valence-electron chi connectivity index (χ1n) is 9.89. The Morgan fingerprint density at radius 1 is 0.862 bits per heavy atom. The molecule has 4 rings (SSSR count). The smallest absolute Gasteiger partial charge is 0.162 e. The molecule has 0 saturated carbocycles. The molecule has 0 spiro atoms. The predicted molar refractivity (Wildman–Crippen MR) is 126 cm³/mol. The lowest BCUT2D eigenvalue weighted by Gasteiger charge is -2.09. The monoisotopic (exact) mass is 400 g/mol. The molecule has 0 aliphatic heterocycles. The average molecular weight is 401 g/mol. The molecule has 0 aliphatic rings. The molecule has 1 aromatic heterocycles. The molecular formula is C25H26BClN2. The molecule has 1 heterocycles. The lowest BCUT2D eigenvalue weighted by atomic mass is 9.65. The molecule has 0 aliphatic carbocycles. The summed E-state index contributed by atoms with van der Waals surface area (Å²) in [7, 11) is 1.08. The largest absolute Gasteiger partial charge is 0.306 e. The van der Waals surface area contributed by atoms with Gasteiger partial charge in [0.25, 0.3) is 0 Å². The van der Waals surface area contributed by atoms with Gasteiger partial charge in [-0.25, -0.2) is 4.98 Å². The predicted octanol–water partition coefficient (Wildman–Crippen LogP) is 5.18. The van der Waals surface area contributed by atoms with Crippen LogP contribution in [-0.2, 0) is 12.2 Å². The highest BCUT2D eigenvalue weighted by Crippen LogP contribution is 2.17. The van der Waals surface area contributed by atoms with Crippen LogP contribution in [0.4, 0.5) is 0 Å². The van der Waals surface area contributed by atoms with Crippen LogP contribution in [0.2, 0.25) is 0 Å². The van der Waals surface area contributed by atoms with E-state index in [0.717, 1.165) is 13.6 Å². The van der Waals surface area contributed by atoms with Crippen molar-refractivity contribution in [2.75, 3.05) is 0 Å². The van der Waals surface area contributed by atoms with E-state index >= 15 is 0 Å². The summed E-state index contributed by atoms with van der Waals surface area (Å²) in [6.07, 6.45) is 6.68. The third-order valence-corrected chi connectivity index (χ3v) is 5.20. The minimum absolute atomic E-state index is 0.596. The van der Waals surface area contributed by atoms with Crippen LogP contribution in [0, 0.1) is 13.8 Å². The van der Waals surface area contributed by atoms with Gasteiger partial charge in [-0.3, -0.25) is 0 Å². The van der Waals surface area contributed by atoms with Crippen molar-refractivity contribution >= 4 is 24.3 Å². The van der Waals surface area contributed by atoms with Crippen LogP contribution in [0.3, 0.4) is 0 Å². The molecule has 0 atom stereocenters. The van der Waals surface area contributed by atoms with Gasteiger partial charge in [0, 0.05) is 18.3 Å². The zero-order chi connectivity index (χ0) is 20.5. The molecule has 146 valence electrons. The Balaban J connectivity index is 0.000000169. The Morgan fingerprint density at radius 2 is 1.55 bits per heavy atom. The molecular weight excluding hydrogens is 375 g/mol.